The van der Waals surface area contributed by atoms with E-state index in [-0.39, 0.29) is 5.69 Å². The van der Waals surface area contributed by atoms with Gasteiger partial charge >= 0.3 is 11.2 Å². The standard InChI is InChI=1S/C20H23N5O3/c1-3-16-15(12-22-17-10-11-21-20(26)19(17)25(27)28)18(4-2)24(23-16)13-14-8-6-5-7-9-14/h5-11H,3-4,12-13H2,1-2H3,(H2,21,22,26). The van der Waals surface area contributed by atoms with Gasteiger partial charge in [-0.3, -0.25) is 19.6 Å². The summed E-state index contributed by atoms with van der Waals surface area (Å²) in [7, 11) is 0. The number of pyridine rings is 1. The number of nitrogens with zero attached hydrogens (tertiary/aromatic N) is 3. The Morgan fingerprint density at radius 2 is 1.93 bits per heavy atom. The zero-order valence-corrected chi connectivity index (χ0v) is 15.9. The van der Waals surface area contributed by atoms with Crippen LogP contribution in [0.15, 0.2) is 47.4 Å². The molecule has 0 aliphatic rings. The van der Waals surface area contributed by atoms with E-state index in [1.165, 1.54) is 12.3 Å². The van der Waals surface area contributed by atoms with Gasteiger partial charge in [-0.15, -0.1) is 0 Å². The molecule has 146 valence electrons. The number of nitro groups is 1. The van der Waals surface area contributed by atoms with E-state index in [1.807, 2.05) is 29.8 Å². The molecule has 0 atom stereocenters. The van der Waals surface area contributed by atoms with E-state index < -0.39 is 16.2 Å². The smallest absolute Gasteiger partial charge is 0.356 e. The van der Waals surface area contributed by atoms with E-state index in [0.29, 0.717) is 13.1 Å². The molecule has 0 amide bonds. The number of nitrogens with one attached hydrogen (secondary N) is 2. The molecule has 1 aromatic carbocycles. The first-order valence-corrected chi connectivity index (χ1v) is 9.26. The molecule has 0 spiro atoms. The quantitative estimate of drug-likeness (QED) is 0.460. The normalized spacial score (nSPS) is 10.8. The van der Waals surface area contributed by atoms with Crippen molar-refractivity contribution < 1.29 is 4.92 Å². The number of benzene rings is 1. The minimum absolute atomic E-state index is 0.202. The molecule has 2 N–H and O–H groups in total. The molecular formula is C20H23N5O3. The number of hydrogen-bond acceptors (Lipinski definition) is 5. The van der Waals surface area contributed by atoms with Crippen molar-refractivity contribution in [3.05, 3.63) is 85.6 Å². The molecule has 8 nitrogen and oxygen atoms in total. The molecule has 0 saturated heterocycles. The van der Waals surface area contributed by atoms with Gasteiger partial charge in [-0.05, 0) is 24.5 Å². The SMILES string of the molecule is CCc1nn(Cc2ccccc2)c(CC)c1CNc1cc[nH]c(=O)c1[N+](=O)[O-]. The van der Waals surface area contributed by atoms with Crippen LogP contribution in [-0.2, 0) is 25.9 Å². The maximum atomic E-state index is 11.8. The summed E-state index contributed by atoms with van der Waals surface area (Å²) in [6.45, 7) is 5.14. The fourth-order valence-corrected chi connectivity index (χ4v) is 3.34. The molecule has 0 saturated carbocycles. The van der Waals surface area contributed by atoms with E-state index in [0.717, 1.165) is 35.4 Å². The summed E-state index contributed by atoms with van der Waals surface area (Å²) in [6, 6.07) is 11.6. The monoisotopic (exact) mass is 381 g/mol. The van der Waals surface area contributed by atoms with Gasteiger partial charge in [0.15, 0.2) is 0 Å². The van der Waals surface area contributed by atoms with Crippen molar-refractivity contribution in [2.45, 2.75) is 39.8 Å². The van der Waals surface area contributed by atoms with Crippen LogP contribution in [0.1, 0.15) is 36.4 Å². The lowest BCUT2D eigenvalue weighted by Gasteiger charge is -2.10. The number of rotatable bonds is 8. The van der Waals surface area contributed by atoms with Gasteiger partial charge < -0.3 is 10.3 Å². The summed E-state index contributed by atoms with van der Waals surface area (Å²) in [4.78, 5) is 24.7. The van der Waals surface area contributed by atoms with Gasteiger partial charge in [-0.25, -0.2) is 0 Å². The number of anilines is 1. The van der Waals surface area contributed by atoms with E-state index in [4.69, 9.17) is 5.10 Å². The average Bonchev–Trinajstić information content (AvgIpc) is 3.03. The molecule has 3 rings (SSSR count). The maximum absolute atomic E-state index is 11.8. The fraction of sp³-hybridized carbons (Fsp3) is 0.300. The highest BCUT2D eigenvalue weighted by Gasteiger charge is 2.20. The summed E-state index contributed by atoms with van der Waals surface area (Å²) in [5.74, 6) is 0. The Bertz CT molecular complexity index is 1020. The first-order chi connectivity index (χ1) is 13.5. The topological polar surface area (TPSA) is 106 Å². The molecule has 28 heavy (non-hydrogen) atoms. The summed E-state index contributed by atoms with van der Waals surface area (Å²) >= 11 is 0. The van der Waals surface area contributed by atoms with Crippen molar-refractivity contribution >= 4 is 11.4 Å². The molecule has 2 heterocycles. The lowest BCUT2D eigenvalue weighted by atomic mass is 10.1. The van der Waals surface area contributed by atoms with E-state index >= 15 is 0 Å². The second kappa shape index (κ2) is 8.51. The fourth-order valence-electron chi connectivity index (χ4n) is 3.34. The third kappa shape index (κ3) is 3.95. The number of aryl methyl sites for hydroxylation is 1. The van der Waals surface area contributed by atoms with Crippen LogP contribution in [0.3, 0.4) is 0 Å². The Kier molecular flexibility index (Phi) is 5.88. The number of hydrogen-bond donors (Lipinski definition) is 2. The maximum Gasteiger partial charge on any atom is 0.356 e. The van der Waals surface area contributed by atoms with Gasteiger partial charge in [0.2, 0.25) is 0 Å². The van der Waals surface area contributed by atoms with Crippen LogP contribution in [0.4, 0.5) is 11.4 Å². The summed E-state index contributed by atoms with van der Waals surface area (Å²) in [6.07, 6.45) is 2.94. The molecule has 3 aromatic rings. The lowest BCUT2D eigenvalue weighted by Crippen LogP contribution is -2.15. The Labute approximate surface area is 162 Å². The van der Waals surface area contributed by atoms with E-state index in [1.54, 1.807) is 0 Å². The zero-order chi connectivity index (χ0) is 20.1. The summed E-state index contributed by atoms with van der Waals surface area (Å²) in [5, 5.41) is 19.1. The van der Waals surface area contributed by atoms with Crippen LogP contribution in [0.2, 0.25) is 0 Å². The highest BCUT2D eigenvalue weighted by atomic mass is 16.6. The van der Waals surface area contributed by atoms with Gasteiger partial charge in [0.1, 0.15) is 5.69 Å². The summed E-state index contributed by atoms with van der Waals surface area (Å²) < 4.78 is 2.00. The van der Waals surface area contributed by atoms with Crippen LogP contribution in [0.25, 0.3) is 0 Å². The Morgan fingerprint density at radius 1 is 1.18 bits per heavy atom. The molecule has 0 bridgehead atoms. The van der Waals surface area contributed by atoms with Crippen LogP contribution in [-0.4, -0.2) is 19.7 Å². The van der Waals surface area contributed by atoms with Gasteiger partial charge in [0, 0.05) is 24.0 Å². The van der Waals surface area contributed by atoms with Crippen molar-refractivity contribution in [2.24, 2.45) is 0 Å². The molecule has 0 aliphatic carbocycles. The number of aromatic nitrogens is 3. The second-order valence-electron chi connectivity index (χ2n) is 6.40. The van der Waals surface area contributed by atoms with Crippen LogP contribution >= 0.6 is 0 Å². The molecule has 0 radical (unpaired) electrons. The first kappa shape index (κ1) is 19.3. The summed E-state index contributed by atoms with van der Waals surface area (Å²) in [5.41, 5.74) is 3.22. The van der Waals surface area contributed by atoms with Crippen LogP contribution in [0, 0.1) is 10.1 Å². The van der Waals surface area contributed by atoms with Crippen LogP contribution in [0.5, 0.6) is 0 Å². The Hall–Kier alpha value is -3.42. The van der Waals surface area contributed by atoms with Crippen molar-refractivity contribution in [1.29, 1.82) is 0 Å². The number of aromatic amines is 1. The van der Waals surface area contributed by atoms with E-state index in [2.05, 4.69) is 29.4 Å². The van der Waals surface area contributed by atoms with Crippen molar-refractivity contribution in [3.8, 4) is 0 Å². The molecule has 0 fully saturated rings. The number of H-pyrrole nitrogens is 1. The first-order valence-electron chi connectivity index (χ1n) is 9.26. The molecule has 0 aliphatic heterocycles. The van der Waals surface area contributed by atoms with E-state index in [9.17, 15) is 14.9 Å². The Morgan fingerprint density at radius 3 is 2.57 bits per heavy atom. The Balaban J connectivity index is 1.91. The molecule has 8 heteroatoms. The predicted octanol–water partition coefficient (Wildman–Crippen LogP) is 3.26. The molecule has 2 aromatic heterocycles. The van der Waals surface area contributed by atoms with Crippen molar-refractivity contribution in [3.63, 3.8) is 0 Å². The average molecular weight is 381 g/mol. The van der Waals surface area contributed by atoms with Gasteiger partial charge in [0.05, 0.1) is 17.2 Å². The second-order valence-corrected chi connectivity index (χ2v) is 6.40. The highest BCUT2D eigenvalue weighted by molar-refractivity contribution is 5.59. The largest absolute Gasteiger partial charge is 0.375 e. The highest BCUT2D eigenvalue weighted by Crippen LogP contribution is 2.23. The van der Waals surface area contributed by atoms with Crippen molar-refractivity contribution in [1.82, 2.24) is 14.8 Å². The van der Waals surface area contributed by atoms with Gasteiger partial charge in [0.25, 0.3) is 0 Å². The minimum Gasteiger partial charge on any atom is -0.375 e. The van der Waals surface area contributed by atoms with Crippen molar-refractivity contribution in [2.75, 3.05) is 5.32 Å². The molecule has 0 unspecified atom stereocenters. The predicted molar refractivity (Wildman–Crippen MR) is 108 cm³/mol. The van der Waals surface area contributed by atoms with Gasteiger partial charge in [-0.2, -0.15) is 5.10 Å². The van der Waals surface area contributed by atoms with Crippen LogP contribution < -0.4 is 10.9 Å². The lowest BCUT2D eigenvalue weighted by molar-refractivity contribution is -0.385. The zero-order valence-electron chi connectivity index (χ0n) is 15.9. The minimum atomic E-state index is -0.721. The third-order valence-electron chi connectivity index (χ3n) is 4.67. The molecular weight excluding hydrogens is 358 g/mol. The third-order valence-corrected chi connectivity index (χ3v) is 4.67. The van der Waals surface area contributed by atoms with Gasteiger partial charge in [-0.1, -0.05) is 44.2 Å².